The van der Waals surface area contributed by atoms with Crippen LogP contribution in [0.2, 0.25) is 0 Å². The Bertz CT molecular complexity index is 2400. The van der Waals surface area contributed by atoms with E-state index in [0.29, 0.717) is 0 Å². The zero-order chi connectivity index (χ0) is 40.7. The molecule has 2 nitrogen and oxygen atoms in total. The minimum Gasteiger partial charge on any atom is -0.251 e. The fraction of sp³-hybridized carbons (Fsp3) is 0.368. The highest BCUT2D eigenvalue weighted by molar-refractivity contribution is 6.22. The van der Waals surface area contributed by atoms with Gasteiger partial charge in [-0.25, -0.2) is 0 Å². The van der Waals surface area contributed by atoms with Crippen LogP contribution < -0.4 is 0 Å². The molecule has 0 saturated carbocycles. The standard InChI is InChI=1S/C57H64N2/c1-39(2)17-10-6-7-11-20-42-27-31-44(32-28-42)50-35-48-37-53(47-23-14-9-15-24-47)59-57-51(45-33-29-43(30-34-45)26-25-41(5)19-16-18-40(3)4)36-49-38-52(46-21-12-8-13-22-46)58-56(50)54(49)55(48)57/h8-9,12-15,21-24,27-36,39-41H,6-7,10-11,16-20,25-26,37-38H2,1-5H3. The summed E-state index contributed by atoms with van der Waals surface area (Å²) in [6.07, 6.45) is 15.7. The molecule has 0 saturated heterocycles. The highest BCUT2D eigenvalue weighted by Gasteiger charge is 2.29. The predicted molar refractivity (Wildman–Crippen MR) is 255 cm³/mol. The van der Waals surface area contributed by atoms with Crippen molar-refractivity contribution in [1.29, 1.82) is 0 Å². The van der Waals surface area contributed by atoms with E-state index >= 15 is 0 Å². The Hall–Kier alpha value is -5.08. The Morgan fingerprint density at radius 1 is 0.424 bits per heavy atom. The Morgan fingerprint density at radius 3 is 1.37 bits per heavy atom. The van der Waals surface area contributed by atoms with E-state index in [4.69, 9.17) is 9.98 Å². The summed E-state index contributed by atoms with van der Waals surface area (Å²) in [5.74, 6) is 2.35. The van der Waals surface area contributed by atoms with Crippen molar-refractivity contribution in [1.82, 2.24) is 0 Å². The van der Waals surface area contributed by atoms with E-state index in [1.807, 2.05) is 0 Å². The van der Waals surface area contributed by atoms with Gasteiger partial charge in [-0.2, -0.15) is 0 Å². The smallest absolute Gasteiger partial charge is 0.0793 e. The molecule has 1 unspecified atom stereocenters. The number of benzene rings is 6. The number of rotatable bonds is 18. The molecule has 0 amide bonds. The maximum atomic E-state index is 5.59. The van der Waals surface area contributed by atoms with Gasteiger partial charge in [0.05, 0.1) is 22.8 Å². The molecule has 2 heteroatoms. The lowest BCUT2D eigenvalue weighted by Gasteiger charge is -2.28. The van der Waals surface area contributed by atoms with Crippen LogP contribution in [-0.4, -0.2) is 11.4 Å². The summed E-state index contributed by atoms with van der Waals surface area (Å²) in [6.45, 7) is 11.8. The van der Waals surface area contributed by atoms with Crippen LogP contribution >= 0.6 is 0 Å². The molecule has 0 aromatic heterocycles. The highest BCUT2D eigenvalue weighted by Crippen LogP contribution is 2.51. The van der Waals surface area contributed by atoms with Gasteiger partial charge in [-0.3, -0.25) is 9.98 Å². The SMILES string of the molecule is CC(C)CCCCCCc1ccc(-c2cc3c4c(c(-c5ccc(CCC(C)CCCC(C)C)cc5)cc5c4c2N=C(c2ccccc2)C5)N=C(c2ccccc2)C3)cc1. The van der Waals surface area contributed by atoms with Gasteiger partial charge in [0.15, 0.2) is 0 Å². The molecule has 0 aliphatic carbocycles. The van der Waals surface area contributed by atoms with Gasteiger partial charge in [0, 0.05) is 34.7 Å². The van der Waals surface area contributed by atoms with Crippen LogP contribution in [0, 0.1) is 17.8 Å². The number of aryl methyl sites for hydroxylation is 2. The summed E-state index contributed by atoms with van der Waals surface area (Å²) in [4.78, 5) is 11.2. The fourth-order valence-corrected chi connectivity index (χ4v) is 9.39. The van der Waals surface area contributed by atoms with E-state index in [0.717, 1.165) is 66.2 Å². The molecule has 6 aromatic carbocycles. The van der Waals surface area contributed by atoms with Crippen molar-refractivity contribution in [3.63, 3.8) is 0 Å². The minimum atomic E-state index is 0.752. The summed E-state index contributed by atoms with van der Waals surface area (Å²) in [6, 6.07) is 45.4. The maximum Gasteiger partial charge on any atom is 0.0793 e. The Balaban J connectivity index is 1.18. The number of nitrogens with zero attached hydrogens (tertiary/aromatic N) is 2. The van der Waals surface area contributed by atoms with E-state index in [9.17, 15) is 0 Å². The molecule has 0 fully saturated rings. The molecule has 59 heavy (non-hydrogen) atoms. The second kappa shape index (κ2) is 18.9. The molecule has 0 spiro atoms. The van der Waals surface area contributed by atoms with Crippen LogP contribution in [0.3, 0.4) is 0 Å². The molecule has 302 valence electrons. The van der Waals surface area contributed by atoms with Crippen LogP contribution in [0.5, 0.6) is 0 Å². The first-order chi connectivity index (χ1) is 28.8. The van der Waals surface area contributed by atoms with Gasteiger partial charge in [0.25, 0.3) is 0 Å². The maximum absolute atomic E-state index is 5.59. The second-order valence-corrected chi connectivity index (χ2v) is 18.5. The topological polar surface area (TPSA) is 24.7 Å². The first-order valence-corrected chi connectivity index (χ1v) is 22.9. The summed E-state index contributed by atoms with van der Waals surface area (Å²) in [7, 11) is 0. The normalized spacial score (nSPS) is 13.9. The molecule has 0 bridgehead atoms. The molecule has 2 aliphatic heterocycles. The van der Waals surface area contributed by atoms with Crippen molar-refractivity contribution in [2.45, 2.75) is 118 Å². The van der Waals surface area contributed by atoms with E-state index in [1.54, 1.807) is 0 Å². The van der Waals surface area contributed by atoms with Crippen molar-refractivity contribution in [3.05, 3.63) is 155 Å². The summed E-state index contributed by atoms with van der Waals surface area (Å²) < 4.78 is 0. The predicted octanol–water partition coefficient (Wildman–Crippen LogP) is 16.1. The molecule has 8 rings (SSSR count). The van der Waals surface area contributed by atoms with Crippen molar-refractivity contribution < 1.29 is 0 Å². The second-order valence-electron chi connectivity index (χ2n) is 18.5. The van der Waals surface area contributed by atoms with E-state index in [-0.39, 0.29) is 0 Å². The molecule has 6 aromatic rings. The van der Waals surface area contributed by atoms with E-state index in [1.165, 1.54) is 124 Å². The quantitative estimate of drug-likeness (QED) is 0.0777. The van der Waals surface area contributed by atoms with Crippen LogP contribution in [-0.2, 0) is 25.7 Å². The number of hydrogen-bond acceptors (Lipinski definition) is 2. The van der Waals surface area contributed by atoms with Crippen molar-refractivity contribution in [2.75, 3.05) is 0 Å². The third-order valence-corrected chi connectivity index (χ3v) is 12.9. The average molecular weight is 777 g/mol. The molecular weight excluding hydrogens is 713 g/mol. The van der Waals surface area contributed by atoms with Crippen molar-refractivity contribution >= 4 is 33.6 Å². The lowest BCUT2D eigenvalue weighted by molar-refractivity contribution is 0.437. The van der Waals surface area contributed by atoms with Gasteiger partial charge in [0.1, 0.15) is 0 Å². The molecule has 2 aliphatic rings. The Kier molecular flexibility index (Phi) is 13.0. The van der Waals surface area contributed by atoms with E-state index in [2.05, 4.69) is 156 Å². The Labute approximate surface area is 355 Å². The van der Waals surface area contributed by atoms with Crippen LogP contribution in [0.25, 0.3) is 33.0 Å². The van der Waals surface area contributed by atoms with Gasteiger partial charge < -0.3 is 0 Å². The Morgan fingerprint density at radius 2 is 0.881 bits per heavy atom. The van der Waals surface area contributed by atoms with Crippen LogP contribution in [0.1, 0.15) is 126 Å². The third kappa shape index (κ3) is 9.70. The van der Waals surface area contributed by atoms with Crippen LogP contribution in [0.4, 0.5) is 11.4 Å². The third-order valence-electron chi connectivity index (χ3n) is 12.9. The minimum absolute atomic E-state index is 0.752. The van der Waals surface area contributed by atoms with Gasteiger partial charge in [-0.1, -0.05) is 189 Å². The zero-order valence-corrected chi connectivity index (χ0v) is 36.4. The first kappa shape index (κ1) is 40.7. The van der Waals surface area contributed by atoms with Gasteiger partial charge in [0.2, 0.25) is 0 Å². The largest absolute Gasteiger partial charge is 0.251 e. The summed E-state index contributed by atoms with van der Waals surface area (Å²) in [5.41, 5.74) is 17.3. The fourth-order valence-electron chi connectivity index (χ4n) is 9.39. The zero-order valence-electron chi connectivity index (χ0n) is 36.4. The van der Waals surface area contributed by atoms with Gasteiger partial charge >= 0.3 is 0 Å². The monoisotopic (exact) mass is 777 g/mol. The molecule has 2 heterocycles. The number of unbranched alkanes of at least 4 members (excludes halogenated alkanes) is 3. The molecule has 0 N–H and O–H groups in total. The van der Waals surface area contributed by atoms with Gasteiger partial charge in [-0.15, -0.1) is 0 Å². The molecule has 1 atom stereocenters. The highest BCUT2D eigenvalue weighted by atomic mass is 14.8. The van der Waals surface area contributed by atoms with E-state index < -0.39 is 0 Å². The summed E-state index contributed by atoms with van der Waals surface area (Å²) in [5, 5.41) is 2.56. The van der Waals surface area contributed by atoms with Gasteiger partial charge in [-0.05, 0) is 100 Å². The first-order valence-electron chi connectivity index (χ1n) is 22.9. The number of aliphatic imine (C=N–C) groups is 2. The average Bonchev–Trinajstić information content (AvgIpc) is 3.26. The molecule has 0 radical (unpaired) electrons. The number of hydrogen-bond donors (Lipinski definition) is 0. The molecular formula is C57H64N2. The van der Waals surface area contributed by atoms with Crippen molar-refractivity contribution in [3.8, 4) is 22.3 Å². The lowest BCUT2D eigenvalue weighted by Crippen LogP contribution is -2.14. The van der Waals surface area contributed by atoms with Crippen LogP contribution in [0.15, 0.2) is 131 Å². The summed E-state index contributed by atoms with van der Waals surface area (Å²) >= 11 is 0. The lowest BCUT2D eigenvalue weighted by atomic mass is 9.81. The van der Waals surface area contributed by atoms with Crippen molar-refractivity contribution in [2.24, 2.45) is 27.7 Å².